The van der Waals surface area contributed by atoms with Crippen molar-refractivity contribution in [3.05, 3.63) is 23.3 Å². The van der Waals surface area contributed by atoms with Crippen molar-refractivity contribution >= 4 is 5.71 Å². The largest absolute Gasteiger partial charge is 0.493 e. The Kier molecular flexibility index (Phi) is 7.18. The van der Waals surface area contributed by atoms with Gasteiger partial charge in [-0.1, -0.05) is 25.9 Å². The highest BCUT2D eigenvalue weighted by atomic mass is 16.6. The van der Waals surface area contributed by atoms with Crippen molar-refractivity contribution in [1.29, 1.82) is 0 Å². The zero-order chi connectivity index (χ0) is 20.1. The Morgan fingerprint density at radius 2 is 1.86 bits per heavy atom. The van der Waals surface area contributed by atoms with E-state index in [0.29, 0.717) is 18.6 Å². The summed E-state index contributed by atoms with van der Waals surface area (Å²) in [6.07, 6.45) is 1.96. The summed E-state index contributed by atoms with van der Waals surface area (Å²) in [7, 11) is 3.40. The molecule has 0 radical (unpaired) electrons. The first-order chi connectivity index (χ1) is 13.6. The van der Waals surface area contributed by atoms with E-state index >= 15 is 0 Å². The van der Waals surface area contributed by atoms with Crippen molar-refractivity contribution in [2.75, 3.05) is 53.6 Å². The van der Waals surface area contributed by atoms with Crippen LogP contribution in [0, 0.1) is 5.92 Å². The topological polar surface area (TPSA) is 46.5 Å². The molecule has 156 valence electrons. The lowest BCUT2D eigenvalue weighted by Gasteiger charge is -2.43. The van der Waals surface area contributed by atoms with E-state index in [9.17, 15) is 0 Å². The third-order valence-corrected chi connectivity index (χ3v) is 6.17. The van der Waals surface area contributed by atoms with Gasteiger partial charge in [-0.2, -0.15) is 0 Å². The summed E-state index contributed by atoms with van der Waals surface area (Å²) >= 11 is 0. The van der Waals surface area contributed by atoms with Gasteiger partial charge in [-0.15, -0.1) is 0 Å². The molecule has 1 saturated heterocycles. The number of fused-ring (bicyclic) bond motifs is 3. The molecular formula is C22H35N3O3. The summed E-state index contributed by atoms with van der Waals surface area (Å²) in [4.78, 5) is 10.6. The number of nitrogens with zero attached hydrogens (tertiary/aromatic N) is 3. The van der Waals surface area contributed by atoms with Crippen LogP contribution < -0.4 is 9.47 Å². The Labute approximate surface area is 169 Å². The highest BCUT2D eigenvalue weighted by Gasteiger charge is 2.36. The number of hydrogen-bond donors (Lipinski definition) is 0. The van der Waals surface area contributed by atoms with E-state index in [-0.39, 0.29) is 0 Å². The predicted molar refractivity (Wildman–Crippen MR) is 113 cm³/mol. The molecule has 0 bridgehead atoms. The first-order valence-corrected chi connectivity index (χ1v) is 10.5. The van der Waals surface area contributed by atoms with E-state index in [1.807, 2.05) is 0 Å². The van der Waals surface area contributed by atoms with E-state index in [1.165, 1.54) is 16.8 Å². The average molecular weight is 390 g/mol. The Bertz CT molecular complexity index is 688. The van der Waals surface area contributed by atoms with Crippen LogP contribution in [-0.2, 0) is 11.3 Å². The molecule has 2 heterocycles. The first-order valence-electron chi connectivity index (χ1n) is 10.5. The number of oxime groups is 1. The van der Waals surface area contributed by atoms with Gasteiger partial charge in [0.2, 0.25) is 0 Å². The second kappa shape index (κ2) is 9.61. The van der Waals surface area contributed by atoms with Crippen LogP contribution in [-0.4, -0.2) is 69.1 Å². The standard InChI is InChI=1S/C22H35N3O3/c1-6-24(7-2)10-11-28-23-19-14-20-18-13-22(27-5)21(26-4)12-17(18)8-9-25(20)15-16(19)3/h12-13,16,20H,6-11,14-15H2,1-5H3/b23-19+. The highest BCUT2D eigenvalue weighted by molar-refractivity contribution is 5.87. The molecule has 2 unspecified atom stereocenters. The fraction of sp³-hybridized carbons (Fsp3) is 0.682. The molecule has 2 atom stereocenters. The fourth-order valence-electron chi connectivity index (χ4n) is 4.36. The van der Waals surface area contributed by atoms with E-state index in [1.54, 1.807) is 14.2 Å². The third kappa shape index (κ3) is 4.44. The van der Waals surface area contributed by atoms with E-state index < -0.39 is 0 Å². The Morgan fingerprint density at radius 1 is 1.14 bits per heavy atom. The lowest BCUT2D eigenvalue weighted by molar-refractivity contribution is 0.105. The summed E-state index contributed by atoms with van der Waals surface area (Å²) in [5, 5.41) is 4.55. The van der Waals surface area contributed by atoms with Crippen LogP contribution in [0.4, 0.5) is 0 Å². The average Bonchev–Trinajstić information content (AvgIpc) is 2.72. The van der Waals surface area contributed by atoms with Crippen molar-refractivity contribution in [1.82, 2.24) is 9.80 Å². The molecule has 0 aliphatic carbocycles. The molecule has 2 aliphatic rings. The minimum atomic E-state index is 0.338. The van der Waals surface area contributed by atoms with Gasteiger partial charge in [0.1, 0.15) is 6.61 Å². The Hall–Kier alpha value is -1.79. The van der Waals surface area contributed by atoms with Crippen molar-refractivity contribution in [3.8, 4) is 11.5 Å². The van der Waals surface area contributed by atoms with E-state index in [4.69, 9.17) is 14.3 Å². The predicted octanol–water partition coefficient (Wildman–Crippen LogP) is 3.36. The molecule has 0 aromatic heterocycles. The second-order valence-corrected chi connectivity index (χ2v) is 7.71. The van der Waals surface area contributed by atoms with Crippen LogP contribution in [0.15, 0.2) is 17.3 Å². The summed E-state index contributed by atoms with van der Waals surface area (Å²) < 4.78 is 11.0. The summed E-state index contributed by atoms with van der Waals surface area (Å²) in [6, 6.07) is 4.63. The minimum Gasteiger partial charge on any atom is -0.493 e. The number of methoxy groups -OCH3 is 2. The van der Waals surface area contributed by atoms with Crippen LogP contribution in [0.25, 0.3) is 0 Å². The molecule has 3 rings (SSSR count). The Morgan fingerprint density at radius 3 is 2.54 bits per heavy atom. The van der Waals surface area contributed by atoms with Gasteiger partial charge in [0.05, 0.1) is 19.9 Å². The summed E-state index contributed by atoms with van der Waals surface area (Å²) in [5.74, 6) is 2.04. The van der Waals surface area contributed by atoms with Crippen molar-refractivity contribution in [2.24, 2.45) is 11.1 Å². The highest BCUT2D eigenvalue weighted by Crippen LogP contribution is 2.42. The van der Waals surface area contributed by atoms with E-state index in [0.717, 1.165) is 57.1 Å². The second-order valence-electron chi connectivity index (χ2n) is 7.71. The SMILES string of the molecule is CCN(CC)CCO/N=C1\CC2c3cc(OC)c(OC)cc3CCN2CC1C. The molecule has 6 nitrogen and oxygen atoms in total. The molecule has 1 fully saturated rings. The lowest BCUT2D eigenvalue weighted by atomic mass is 9.82. The molecule has 0 spiro atoms. The van der Waals surface area contributed by atoms with Gasteiger partial charge >= 0.3 is 0 Å². The summed E-state index contributed by atoms with van der Waals surface area (Å²) in [5.41, 5.74) is 3.87. The van der Waals surface area contributed by atoms with Gasteiger partial charge in [0.15, 0.2) is 11.5 Å². The first kappa shape index (κ1) is 20.9. The molecule has 1 aromatic carbocycles. The van der Waals surface area contributed by atoms with E-state index in [2.05, 4.69) is 47.9 Å². The maximum Gasteiger partial charge on any atom is 0.161 e. The van der Waals surface area contributed by atoms with Gasteiger partial charge in [-0.3, -0.25) is 4.90 Å². The molecule has 2 aliphatic heterocycles. The van der Waals surface area contributed by atoms with Gasteiger partial charge in [-0.05, 0) is 42.8 Å². The van der Waals surface area contributed by atoms with Crippen molar-refractivity contribution in [3.63, 3.8) is 0 Å². The Balaban J connectivity index is 1.73. The van der Waals surface area contributed by atoms with Gasteiger partial charge in [0, 0.05) is 38.0 Å². The third-order valence-electron chi connectivity index (χ3n) is 6.17. The van der Waals surface area contributed by atoms with Gasteiger partial charge in [-0.25, -0.2) is 0 Å². The molecule has 0 amide bonds. The summed E-state index contributed by atoms with van der Waals surface area (Å²) in [6.45, 7) is 12.4. The normalized spacial score (nSPS) is 23.4. The van der Waals surface area contributed by atoms with Gasteiger partial charge in [0.25, 0.3) is 0 Å². The van der Waals surface area contributed by atoms with Crippen molar-refractivity contribution in [2.45, 2.75) is 39.7 Å². The number of hydrogen-bond acceptors (Lipinski definition) is 6. The number of benzene rings is 1. The number of piperidine rings is 1. The number of ether oxygens (including phenoxy) is 2. The molecule has 0 saturated carbocycles. The minimum absolute atomic E-state index is 0.338. The van der Waals surface area contributed by atoms with Gasteiger partial charge < -0.3 is 19.2 Å². The fourth-order valence-corrected chi connectivity index (χ4v) is 4.36. The quantitative estimate of drug-likeness (QED) is 0.504. The molecular weight excluding hydrogens is 354 g/mol. The molecule has 0 N–H and O–H groups in total. The molecule has 1 aromatic rings. The smallest absolute Gasteiger partial charge is 0.161 e. The van der Waals surface area contributed by atoms with Crippen LogP contribution in [0.5, 0.6) is 11.5 Å². The number of likely N-dealkylation sites (N-methyl/N-ethyl adjacent to an activating group) is 1. The van der Waals surface area contributed by atoms with Crippen LogP contribution >= 0.6 is 0 Å². The maximum absolute atomic E-state index is 5.71. The monoisotopic (exact) mass is 389 g/mol. The zero-order valence-corrected chi connectivity index (χ0v) is 18.0. The van der Waals surface area contributed by atoms with Crippen LogP contribution in [0.1, 0.15) is 44.4 Å². The number of rotatable bonds is 8. The van der Waals surface area contributed by atoms with Crippen molar-refractivity contribution < 1.29 is 14.3 Å². The lowest BCUT2D eigenvalue weighted by Crippen LogP contribution is -2.45. The maximum atomic E-state index is 5.71. The van der Waals surface area contributed by atoms with Crippen LogP contribution in [0.2, 0.25) is 0 Å². The van der Waals surface area contributed by atoms with Crippen LogP contribution in [0.3, 0.4) is 0 Å². The zero-order valence-electron chi connectivity index (χ0n) is 18.0. The molecule has 28 heavy (non-hydrogen) atoms. The molecule has 6 heteroatoms.